The van der Waals surface area contributed by atoms with Crippen molar-refractivity contribution in [2.24, 2.45) is 5.14 Å². The average molecular weight is 447 g/mol. The third kappa shape index (κ3) is 4.63. The lowest BCUT2D eigenvalue weighted by Crippen LogP contribution is -2.15. The SMILES string of the molecule is COc1cc(NC(=O)c2ccc(-c3ccccc3Cl)c(CO)c2)ccc1S(N)(=O)=O. The van der Waals surface area contributed by atoms with Gasteiger partial charge in [-0.15, -0.1) is 0 Å². The summed E-state index contributed by atoms with van der Waals surface area (Å²) in [4.78, 5) is 12.5. The van der Waals surface area contributed by atoms with Gasteiger partial charge in [0.2, 0.25) is 10.0 Å². The molecule has 0 aliphatic carbocycles. The van der Waals surface area contributed by atoms with Crippen molar-refractivity contribution in [1.29, 1.82) is 0 Å². The van der Waals surface area contributed by atoms with Crippen molar-refractivity contribution in [3.63, 3.8) is 0 Å². The molecule has 0 saturated carbocycles. The van der Waals surface area contributed by atoms with Gasteiger partial charge in [0.15, 0.2) is 0 Å². The maximum Gasteiger partial charge on any atom is 0.255 e. The summed E-state index contributed by atoms with van der Waals surface area (Å²) in [5.41, 5.74) is 2.64. The monoisotopic (exact) mass is 446 g/mol. The molecule has 0 atom stereocenters. The zero-order valence-electron chi connectivity index (χ0n) is 15.9. The number of nitrogens with one attached hydrogen (secondary N) is 1. The number of hydrogen-bond acceptors (Lipinski definition) is 5. The summed E-state index contributed by atoms with van der Waals surface area (Å²) in [5.74, 6) is -0.429. The summed E-state index contributed by atoms with van der Waals surface area (Å²) in [6.07, 6.45) is 0. The number of amides is 1. The standard InChI is InChI=1S/C21H19ClN2O5S/c1-29-19-11-15(7-9-20(19)30(23,27)28)24-21(26)13-6-8-16(14(10-13)12-25)17-4-2-3-5-18(17)22/h2-11,25H,12H2,1H3,(H,24,26)(H2,23,27,28). The number of carbonyl (C=O) groups is 1. The van der Waals surface area contributed by atoms with Gasteiger partial charge in [-0.2, -0.15) is 0 Å². The summed E-state index contributed by atoms with van der Waals surface area (Å²) >= 11 is 6.25. The molecule has 0 unspecified atom stereocenters. The number of carbonyl (C=O) groups excluding carboxylic acids is 1. The molecule has 4 N–H and O–H groups in total. The van der Waals surface area contributed by atoms with Gasteiger partial charge in [-0.25, -0.2) is 13.6 Å². The van der Waals surface area contributed by atoms with Crippen molar-refractivity contribution in [1.82, 2.24) is 0 Å². The molecular weight excluding hydrogens is 428 g/mol. The molecule has 0 radical (unpaired) electrons. The molecule has 0 bridgehead atoms. The molecule has 0 heterocycles. The molecule has 156 valence electrons. The van der Waals surface area contributed by atoms with Crippen LogP contribution in [0.4, 0.5) is 5.69 Å². The van der Waals surface area contributed by atoms with Crippen LogP contribution in [0.15, 0.2) is 65.6 Å². The number of nitrogens with two attached hydrogens (primary N) is 1. The number of methoxy groups -OCH3 is 1. The second kappa shape index (κ2) is 8.85. The Morgan fingerprint density at radius 3 is 2.47 bits per heavy atom. The van der Waals surface area contributed by atoms with E-state index >= 15 is 0 Å². The Labute approximate surface area is 179 Å². The summed E-state index contributed by atoms with van der Waals surface area (Å²) in [6.45, 7) is -0.279. The van der Waals surface area contributed by atoms with Crippen molar-refractivity contribution >= 4 is 33.2 Å². The maximum atomic E-state index is 12.7. The van der Waals surface area contributed by atoms with Gasteiger partial charge in [0.25, 0.3) is 5.91 Å². The van der Waals surface area contributed by atoms with Crippen molar-refractivity contribution < 1.29 is 23.1 Å². The fourth-order valence-electron chi connectivity index (χ4n) is 2.99. The van der Waals surface area contributed by atoms with E-state index in [1.807, 2.05) is 18.2 Å². The molecule has 0 aliphatic rings. The van der Waals surface area contributed by atoms with Gasteiger partial charge in [0, 0.05) is 27.9 Å². The number of benzene rings is 3. The fourth-order valence-corrected chi connectivity index (χ4v) is 3.91. The smallest absolute Gasteiger partial charge is 0.255 e. The predicted molar refractivity (Wildman–Crippen MR) is 115 cm³/mol. The summed E-state index contributed by atoms with van der Waals surface area (Å²) in [6, 6.07) is 16.1. The zero-order valence-corrected chi connectivity index (χ0v) is 17.5. The van der Waals surface area contributed by atoms with E-state index in [2.05, 4.69) is 5.32 Å². The van der Waals surface area contributed by atoms with Gasteiger partial charge in [-0.1, -0.05) is 35.9 Å². The highest BCUT2D eigenvalue weighted by atomic mass is 35.5. The molecule has 0 aliphatic heterocycles. The second-order valence-electron chi connectivity index (χ2n) is 6.37. The number of sulfonamides is 1. The first kappa shape index (κ1) is 21.8. The first-order valence-corrected chi connectivity index (χ1v) is 10.7. The normalized spacial score (nSPS) is 11.2. The van der Waals surface area contributed by atoms with E-state index in [4.69, 9.17) is 21.5 Å². The van der Waals surface area contributed by atoms with E-state index in [0.29, 0.717) is 21.8 Å². The molecule has 0 saturated heterocycles. The van der Waals surface area contributed by atoms with Crippen LogP contribution >= 0.6 is 11.6 Å². The first-order chi connectivity index (χ1) is 14.2. The minimum absolute atomic E-state index is 0.0143. The van der Waals surface area contributed by atoms with E-state index in [1.54, 1.807) is 24.3 Å². The number of aliphatic hydroxyl groups excluding tert-OH is 1. The Hall–Kier alpha value is -2.91. The van der Waals surface area contributed by atoms with Crippen LogP contribution in [0, 0.1) is 0 Å². The summed E-state index contributed by atoms with van der Waals surface area (Å²) < 4.78 is 28.2. The minimum atomic E-state index is -3.96. The molecule has 9 heteroatoms. The minimum Gasteiger partial charge on any atom is -0.495 e. The number of ether oxygens (including phenoxy) is 1. The number of halogens is 1. The van der Waals surface area contributed by atoms with Gasteiger partial charge in [0.1, 0.15) is 10.6 Å². The number of rotatable bonds is 6. The quantitative estimate of drug-likeness (QED) is 0.536. The van der Waals surface area contributed by atoms with Crippen LogP contribution in [0.1, 0.15) is 15.9 Å². The van der Waals surface area contributed by atoms with Crippen molar-refractivity contribution in [2.75, 3.05) is 12.4 Å². The Bertz CT molecular complexity index is 1210. The molecule has 30 heavy (non-hydrogen) atoms. The van der Waals surface area contributed by atoms with Crippen LogP contribution in [0.3, 0.4) is 0 Å². The Balaban J connectivity index is 1.90. The molecule has 3 rings (SSSR count). The molecule has 3 aromatic rings. The largest absolute Gasteiger partial charge is 0.495 e. The molecule has 0 spiro atoms. The fraction of sp³-hybridized carbons (Fsp3) is 0.0952. The third-order valence-electron chi connectivity index (χ3n) is 4.43. The average Bonchev–Trinajstić information content (AvgIpc) is 2.72. The number of hydrogen-bond donors (Lipinski definition) is 3. The highest BCUT2D eigenvalue weighted by Gasteiger charge is 2.17. The van der Waals surface area contributed by atoms with Gasteiger partial charge in [0.05, 0.1) is 13.7 Å². The Morgan fingerprint density at radius 2 is 1.83 bits per heavy atom. The number of aliphatic hydroxyl groups is 1. The second-order valence-corrected chi connectivity index (χ2v) is 8.31. The third-order valence-corrected chi connectivity index (χ3v) is 5.71. The van der Waals surface area contributed by atoms with Crippen molar-refractivity contribution in [3.8, 4) is 16.9 Å². The van der Waals surface area contributed by atoms with Crippen LogP contribution in [-0.4, -0.2) is 26.5 Å². The number of primary sulfonamides is 1. The molecule has 1 amide bonds. The van der Waals surface area contributed by atoms with E-state index < -0.39 is 15.9 Å². The van der Waals surface area contributed by atoms with Crippen molar-refractivity contribution in [2.45, 2.75) is 11.5 Å². The van der Waals surface area contributed by atoms with Crippen molar-refractivity contribution in [3.05, 3.63) is 76.8 Å². The Morgan fingerprint density at radius 1 is 1.10 bits per heavy atom. The van der Waals surface area contributed by atoms with Gasteiger partial charge in [-0.05, 0) is 41.5 Å². The first-order valence-electron chi connectivity index (χ1n) is 8.75. The summed E-state index contributed by atoms with van der Waals surface area (Å²) in [5, 5.41) is 18.1. The van der Waals surface area contributed by atoms with E-state index in [1.165, 1.54) is 25.3 Å². The molecule has 3 aromatic carbocycles. The van der Waals surface area contributed by atoms with Gasteiger partial charge >= 0.3 is 0 Å². The topological polar surface area (TPSA) is 119 Å². The highest BCUT2D eigenvalue weighted by Crippen LogP contribution is 2.31. The molecule has 0 fully saturated rings. The van der Waals surface area contributed by atoms with Crippen LogP contribution in [-0.2, 0) is 16.6 Å². The maximum absolute atomic E-state index is 12.7. The Kier molecular flexibility index (Phi) is 6.42. The van der Waals surface area contributed by atoms with E-state index in [-0.39, 0.29) is 17.3 Å². The van der Waals surface area contributed by atoms with Crippen LogP contribution in [0.2, 0.25) is 5.02 Å². The zero-order chi connectivity index (χ0) is 21.9. The predicted octanol–water partition coefficient (Wildman–Crippen LogP) is 3.41. The lowest BCUT2D eigenvalue weighted by molar-refractivity contribution is 0.102. The van der Waals surface area contributed by atoms with Crippen LogP contribution in [0.25, 0.3) is 11.1 Å². The van der Waals surface area contributed by atoms with E-state index in [0.717, 1.165) is 11.1 Å². The van der Waals surface area contributed by atoms with Gasteiger partial charge < -0.3 is 15.2 Å². The lowest BCUT2D eigenvalue weighted by atomic mass is 9.97. The summed E-state index contributed by atoms with van der Waals surface area (Å²) in [7, 11) is -2.66. The van der Waals surface area contributed by atoms with Crippen LogP contribution in [0.5, 0.6) is 5.75 Å². The molecule has 7 nitrogen and oxygen atoms in total. The van der Waals surface area contributed by atoms with Crippen LogP contribution < -0.4 is 15.2 Å². The molecular formula is C21H19ClN2O5S. The van der Waals surface area contributed by atoms with Gasteiger partial charge in [-0.3, -0.25) is 4.79 Å². The van der Waals surface area contributed by atoms with E-state index in [9.17, 15) is 18.3 Å². The number of anilines is 1. The highest BCUT2D eigenvalue weighted by molar-refractivity contribution is 7.89. The lowest BCUT2D eigenvalue weighted by Gasteiger charge is -2.13. The molecule has 0 aromatic heterocycles.